The highest BCUT2D eigenvalue weighted by atomic mass is 16.5. The zero-order chi connectivity index (χ0) is 20.1. The van der Waals surface area contributed by atoms with Crippen molar-refractivity contribution < 1.29 is 4.74 Å². The van der Waals surface area contributed by atoms with Crippen LogP contribution in [0.5, 0.6) is 0 Å². The van der Waals surface area contributed by atoms with Crippen molar-refractivity contribution in [2.45, 2.75) is 24.8 Å². The van der Waals surface area contributed by atoms with E-state index in [0.29, 0.717) is 49.9 Å². The molecular weight excluding hydrogens is 356 g/mol. The summed E-state index contributed by atoms with van der Waals surface area (Å²) in [5, 5.41) is 21.2. The minimum absolute atomic E-state index is 0.137. The van der Waals surface area contributed by atoms with Gasteiger partial charge in [-0.1, -0.05) is 0 Å². The summed E-state index contributed by atoms with van der Waals surface area (Å²) in [6.45, 7) is 5.23. The van der Waals surface area contributed by atoms with Crippen LogP contribution >= 0.6 is 0 Å². The predicted octanol–water partition coefficient (Wildman–Crippen LogP) is 0.520. The van der Waals surface area contributed by atoms with Crippen molar-refractivity contribution >= 4 is 23.7 Å². The smallest absolute Gasteiger partial charge is 0.165 e. The first-order chi connectivity index (χ1) is 13.5. The standard InChI is InChI=1S/C19H26N8O/c1-13-10-28-7-6-27(13)17-8-15(19(11-22)3-5-24-12-19)14(9-21)18(26-17)25-16(23)2-4-20/h2,4,8-9,13,21,24H,3,5-7,10,12,20H2,1H3,(H2,23,25,26)/b4-2-,21-9?/t13-,19?/m1/s1. The first-order valence-electron chi connectivity index (χ1n) is 9.29. The van der Waals surface area contributed by atoms with Gasteiger partial charge in [0, 0.05) is 24.9 Å². The van der Waals surface area contributed by atoms with Crippen LogP contribution in [0, 0.1) is 16.7 Å². The van der Waals surface area contributed by atoms with Gasteiger partial charge in [0.2, 0.25) is 0 Å². The first kappa shape index (κ1) is 19.8. The summed E-state index contributed by atoms with van der Waals surface area (Å²) in [5.41, 5.74) is 11.9. The molecule has 3 heterocycles. The fourth-order valence-electron chi connectivity index (χ4n) is 3.70. The number of nitrogens with zero attached hydrogens (tertiary/aromatic N) is 4. The number of ether oxygens (including phenoxy) is 1. The van der Waals surface area contributed by atoms with Gasteiger partial charge >= 0.3 is 0 Å². The molecule has 2 atom stereocenters. The number of hydrogen-bond acceptors (Lipinski definition) is 8. The minimum atomic E-state index is -0.733. The van der Waals surface area contributed by atoms with Gasteiger partial charge in [0.25, 0.3) is 0 Å². The van der Waals surface area contributed by atoms with Crippen molar-refractivity contribution in [1.82, 2.24) is 10.3 Å². The van der Waals surface area contributed by atoms with Crippen molar-refractivity contribution in [3.8, 4) is 6.07 Å². The number of rotatable bonds is 5. The van der Waals surface area contributed by atoms with E-state index >= 15 is 0 Å². The van der Waals surface area contributed by atoms with Crippen LogP contribution in [0.25, 0.3) is 0 Å². The number of anilines is 1. The molecule has 6 N–H and O–H groups in total. The molecule has 0 aliphatic carbocycles. The van der Waals surface area contributed by atoms with Gasteiger partial charge in [-0.2, -0.15) is 5.26 Å². The molecule has 9 nitrogen and oxygen atoms in total. The van der Waals surface area contributed by atoms with E-state index in [4.69, 9.17) is 21.6 Å². The number of aliphatic imine (C=N–C) groups is 1. The molecule has 28 heavy (non-hydrogen) atoms. The van der Waals surface area contributed by atoms with Crippen LogP contribution in [0.4, 0.5) is 11.6 Å². The molecule has 0 amide bonds. The lowest BCUT2D eigenvalue weighted by Crippen LogP contribution is -2.44. The van der Waals surface area contributed by atoms with Crippen molar-refractivity contribution in [3.05, 3.63) is 29.5 Å². The lowest BCUT2D eigenvalue weighted by atomic mass is 9.79. The van der Waals surface area contributed by atoms with Gasteiger partial charge in [-0.3, -0.25) is 0 Å². The average Bonchev–Trinajstić information content (AvgIpc) is 3.18. The molecular formula is C19H26N8O. The van der Waals surface area contributed by atoms with E-state index in [-0.39, 0.29) is 11.9 Å². The number of nitrogens with one attached hydrogen (secondary N) is 2. The zero-order valence-electron chi connectivity index (χ0n) is 16.0. The van der Waals surface area contributed by atoms with Gasteiger partial charge < -0.3 is 31.8 Å². The van der Waals surface area contributed by atoms with E-state index in [2.05, 4.69) is 33.2 Å². The summed E-state index contributed by atoms with van der Waals surface area (Å²) >= 11 is 0. The van der Waals surface area contributed by atoms with Crippen LogP contribution in [0.2, 0.25) is 0 Å². The number of pyridine rings is 1. The van der Waals surface area contributed by atoms with Crippen LogP contribution in [-0.4, -0.2) is 55.9 Å². The highest BCUT2D eigenvalue weighted by Crippen LogP contribution is 2.37. The Balaban J connectivity index is 2.22. The van der Waals surface area contributed by atoms with Gasteiger partial charge in [-0.15, -0.1) is 0 Å². The van der Waals surface area contributed by atoms with E-state index < -0.39 is 5.41 Å². The third kappa shape index (κ3) is 3.69. The predicted molar refractivity (Wildman–Crippen MR) is 109 cm³/mol. The van der Waals surface area contributed by atoms with Crippen LogP contribution in [0.15, 0.2) is 23.3 Å². The molecule has 0 radical (unpaired) electrons. The maximum absolute atomic E-state index is 9.99. The lowest BCUT2D eigenvalue weighted by molar-refractivity contribution is 0.0985. The third-order valence-electron chi connectivity index (χ3n) is 5.22. The normalized spacial score (nSPS) is 25.8. The van der Waals surface area contributed by atoms with E-state index in [0.717, 1.165) is 12.1 Å². The summed E-state index contributed by atoms with van der Waals surface area (Å²) in [7, 11) is 0. The van der Waals surface area contributed by atoms with Gasteiger partial charge in [0.1, 0.15) is 11.7 Å². The lowest BCUT2D eigenvalue weighted by Gasteiger charge is -2.35. The summed E-state index contributed by atoms with van der Waals surface area (Å²) in [6.07, 6.45) is 4.63. The van der Waals surface area contributed by atoms with Gasteiger partial charge in [0.15, 0.2) is 5.82 Å². The fraction of sp³-hybridized carbons (Fsp3) is 0.474. The number of hydrogen-bond donors (Lipinski definition) is 4. The molecule has 3 rings (SSSR count). The quantitative estimate of drug-likeness (QED) is 0.428. The Morgan fingerprint density at radius 3 is 3.04 bits per heavy atom. The second-order valence-electron chi connectivity index (χ2n) is 7.04. The second-order valence-corrected chi connectivity index (χ2v) is 7.04. The van der Waals surface area contributed by atoms with E-state index in [1.807, 2.05) is 6.07 Å². The summed E-state index contributed by atoms with van der Waals surface area (Å²) in [4.78, 5) is 11.2. The molecule has 1 aromatic heterocycles. The monoisotopic (exact) mass is 382 g/mol. The fourth-order valence-corrected chi connectivity index (χ4v) is 3.70. The molecule has 2 fully saturated rings. The first-order valence-corrected chi connectivity index (χ1v) is 9.29. The molecule has 0 aromatic carbocycles. The topological polar surface area (TPSA) is 149 Å². The average molecular weight is 382 g/mol. The Morgan fingerprint density at radius 1 is 1.61 bits per heavy atom. The molecule has 2 aliphatic rings. The van der Waals surface area contributed by atoms with Gasteiger partial charge in [-0.05, 0) is 43.8 Å². The molecule has 2 aliphatic heterocycles. The van der Waals surface area contributed by atoms with Crippen LogP contribution in [-0.2, 0) is 10.2 Å². The number of aromatic nitrogens is 1. The van der Waals surface area contributed by atoms with Crippen molar-refractivity contribution in [3.63, 3.8) is 0 Å². The summed E-state index contributed by atoms with van der Waals surface area (Å²) < 4.78 is 5.54. The minimum Gasteiger partial charge on any atom is -0.404 e. The Bertz CT molecular complexity index is 835. The largest absolute Gasteiger partial charge is 0.404 e. The van der Waals surface area contributed by atoms with Crippen molar-refractivity contribution in [2.75, 3.05) is 37.7 Å². The molecule has 0 saturated carbocycles. The van der Waals surface area contributed by atoms with Gasteiger partial charge in [0.05, 0.1) is 30.7 Å². The number of nitrogens with two attached hydrogens (primary N) is 2. The molecule has 0 bridgehead atoms. The van der Waals surface area contributed by atoms with E-state index in [9.17, 15) is 5.26 Å². The Hall–Kier alpha value is -2.96. The third-order valence-corrected chi connectivity index (χ3v) is 5.22. The van der Waals surface area contributed by atoms with E-state index in [1.165, 1.54) is 18.5 Å². The molecule has 1 unspecified atom stereocenters. The maximum Gasteiger partial charge on any atom is 0.165 e. The molecule has 148 valence electrons. The number of amidine groups is 1. The number of morpholine rings is 1. The SMILES string of the molecule is C[C@@H]1COCCN1c1cc(C2(C#N)CCNC2)c(C=N)c(/N=C(N)\C=C/N)n1. The van der Waals surface area contributed by atoms with Crippen LogP contribution < -0.4 is 21.7 Å². The van der Waals surface area contributed by atoms with E-state index in [1.54, 1.807) is 0 Å². The summed E-state index contributed by atoms with van der Waals surface area (Å²) in [6, 6.07) is 4.52. The zero-order valence-corrected chi connectivity index (χ0v) is 16.0. The number of nitriles is 1. The molecule has 1 aromatic rings. The highest BCUT2D eigenvalue weighted by molar-refractivity contribution is 5.96. The van der Waals surface area contributed by atoms with Crippen molar-refractivity contribution in [2.24, 2.45) is 16.5 Å². The summed E-state index contributed by atoms with van der Waals surface area (Å²) in [5.74, 6) is 1.21. The Morgan fingerprint density at radius 2 is 2.43 bits per heavy atom. The van der Waals surface area contributed by atoms with Gasteiger partial charge in [-0.25, -0.2) is 9.98 Å². The highest BCUT2D eigenvalue weighted by Gasteiger charge is 2.39. The molecule has 0 spiro atoms. The van der Waals surface area contributed by atoms with Crippen LogP contribution in [0.1, 0.15) is 24.5 Å². The van der Waals surface area contributed by atoms with Crippen molar-refractivity contribution in [1.29, 1.82) is 10.7 Å². The van der Waals surface area contributed by atoms with Crippen LogP contribution in [0.3, 0.4) is 0 Å². The molecule has 9 heteroatoms. The second kappa shape index (κ2) is 8.37. The molecule has 2 saturated heterocycles. The Labute approximate surface area is 164 Å². The Kier molecular flexibility index (Phi) is 5.92. The maximum atomic E-state index is 9.99.